The highest BCUT2D eigenvalue weighted by Crippen LogP contribution is 2.41. The lowest BCUT2D eigenvalue weighted by Crippen LogP contribution is -2.55. The van der Waals surface area contributed by atoms with Crippen LogP contribution >= 0.6 is 0 Å². The van der Waals surface area contributed by atoms with Crippen LogP contribution in [0, 0.1) is 17.8 Å². The van der Waals surface area contributed by atoms with E-state index in [9.17, 15) is 35.9 Å². The van der Waals surface area contributed by atoms with Crippen molar-refractivity contribution in [3.63, 3.8) is 0 Å². The Morgan fingerprint density at radius 3 is 2.39 bits per heavy atom. The number of hydrogen-bond donors (Lipinski definition) is 0. The summed E-state index contributed by atoms with van der Waals surface area (Å²) in [6, 6.07) is 4.21. The lowest BCUT2D eigenvalue weighted by Gasteiger charge is -2.43. The predicted octanol–water partition coefficient (Wildman–Crippen LogP) is 5.33. The lowest BCUT2D eigenvalue weighted by molar-refractivity contribution is -0.194. The number of nitrogens with zero attached hydrogens (tertiary/aromatic N) is 2. The number of urea groups is 1. The molecule has 36 heavy (non-hydrogen) atoms. The van der Waals surface area contributed by atoms with Crippen molar-refractivity contribution in [1.29, 1.82) is 0 Å². The number of ether oxygens (including phenoxy) is 1. The number of carbonyl (C=O) groups is 2. The molecule has 5 nitrogen and oxygen atoms in total. The van der Waals surface area contributed by atoms with Crippen molar-refractivity contribution in [1.82, 2.24) is 9.80 Å². The molecule has 0 N–H and O–H groups in total. The van der Waals surface area contributed by atoms with Crippen LogP contribution in [0.4, 0.5) is 31.1 Å². The van der Waals surface area contributed by atoms with Gasteiger partial charge in [0.25, 0.3) is 0 Å². The van der Waals surface area contributed by atoms with E-state index in [1.165, 1.54) is 12.1 Å². The summed E-state index contributed by atoms with van der Waals surface area (Å²) < 4.78 is 86.1. The Labute approximate surface area is 205 Å². The molecule has 1 aromatic rings. The third-order valence-electron chi connectivity index (χ3n) is 7.68. The molecule has 1 aromatic carbocycles. The minimum Gasteiger partial charge on any atom is -0.370 e. The minimum absolute atomic E-state index is 0.00897. The molecule has 3 aliphatic heterocycles. The third kappa shape index (κ3) is 6.33. The number of benzene rings is 1. The van der Waals surface area contributed by atoms with E-state index in [0.717, 1.165) is 12.1 Å². The molecule has 0 saturated carbocycles. The summed E-state index contributed by atoms with van der Waals surface area (Å²) in [6.45, 7) is 1.38. The second kappa shape index (κ2) is 10.6. The van der Waals surface area contributed by atoms with E-state index < -0.39 is 29.8 Å². The van der Waals surface area contributed by atoms with Gasteiger partial charge in [0.2, 0.25) is 0 Å². The molecule has 4 rings (SSSR count). The summed E-state index contributed by atoms with van der Waals surface area (Å²) >= 11 is 0. The Bertz CT molecular complexity index is 942. The molecule has 200 valence electrons. The highest BCUT2D eigenvalue weighted by molar-refractivity contribution is 5.81. The van der Waals surface area contributed by atoms with E-state index >= 15 is 0 Å². The first-order valence-electron chi connectivity index (χ1n) is 12.3. The quantitative estimate of drug-likeness (QED) is 0.505. The van der Waals surface area contributed by atoms with Crippen LogP contribution in [0.3, 0.4) is 0 Å². The second-order valence-electron chi connectivity index (χ2n) is 10.1. The number of piperidine rings is 2. The van der Waals surface area contributed by atoms with Gasteiger partial charge >= 0.3 is 18.4 Å². The maximum Gasteiger partial charge on any atom is 0.416 e. The number of hydrogen-bond acceptors (Lipinski definition) is 3. The van der Waals surface area contributed by atoms with Gasteiger partial charge in [0.05, 0.1) is 17.6 Å². The van der Waals surface area contributed by atoms with Crippen molar-refractivity contribution in [2.75, 3.05) is 32.8 Å². The van der Waals surface area contributed by atoms with E-state index in [1.807, 2.05) is 0 Å². The van der Waals surface area contributed by atoms with Crippen LogP contribution in [0.15, 0.2) is 24.3 Å². The molecule has 3 heterocycles. The van der Waals surface area contributed by atoms with Gasteiger partial charge in [-0.15, -0.1) is 0 Å². The molecule has 0 aromatic heterocycles. The van der Waals surface area contributed by atoms with Crippen LogP contribution in [0.5, 0.6) is 0 Å². The Balaban J connectivity index is 1.32. The fourth-order valence-electron chi connectivity index (χ4n) is 5.74. The van der Waals surface area contributed by atoms with Gasteiger partial charge in [-0.2, -0.15) is 26.3 Å². The Hall–Kier alpha value is -2.30. The van der Waals surface area contributed by atoms with Crippen molar-refractivity contribution in [3.8, 4) is 0 Å². The van der Waals surface area contributed by atoms with Gasteiger partial charge < -0.3 is 14.5 Å². The summed E-state index contributed by atoms with van der Waals surface area (Å²) in [7, 11) is 0. The number of carbonyl (C=O) groups excluding carboxylic acids is 2. The number of fused-ring (bicyclic) bond motifs is 1. The molecular formula is C25H30F6N2O3. The molecular weight excluding hydrogens is 490 g/mol. The number of ketones is 1. The average Bonchev–Trinajstić information content (AvgIpc) is 2.82. The lowest BCUT2D eigenvalue weighted by atomic mass is 9.80. The molecule has 0 radical (unpaired) electrons. The fourth-order valence-corrected chi connectivity index (χ4v) is 5.74. The molecule has 3 atom stereocenters. The molecule has 1 unspecified atom stereocenters. The van der Waals surface area contributed by atoms with Crippen molar-refractivity contribution in [3.05, 3.63) is 35.4 Å². The number of Topliss-reactive ketones (excluding diaryl/α,β-unsaturated/α-hetero) is 1. The molecule has 11 heteroatoms. The van der Waals surface area contributed by atoms with Crippen LogP contribution in [0.1, 0.15) is 43.2 Å². The third-order valence-corrected chi connectivity index (χ3v) is 7.68. The van der Waals surface area contributed by atoms with E-state index in [2.05, 4.69) is 0 Å². The number of alkyl halides is 6. The van der Waals surface area contributed by atoms with Gasteiger partial charge in [0.1, 0.15) is 6.61 Å². The summed E-state index contributed by atoms with van der Waals surface area (Å²) in [4.78, 5) is 28.0. The number of amides is 2. The summed E-state index contributed by atoms with van der Waals surface area (Å²) in [5.74, 6) is -2.39. The zero-order chi connectivity index (χ0) is 26.1. The normalized spacial score (nSPS) is 25.0. The van der Waals surface area contributed by atoms with E-state index in [4.69, 9.17) is 4.74 Å². The second-order valence-corrected chi connectivity index (χ2v) is 10.1. The molecule has 0 aliphatic carbocycles. The maximum atomic E-state index is 13.9. The van der Waals surface area contributed by atoms with Crippen LogP contribution in [0.25, 0.3) is 0 Å². The zero-order valence-electron chi connectivity index (χ0n) is 19.8. The van der Waals surface area contributed by atoms with Crippen molar-refractivity contribution in [2.24, 2.45) is 17.8 Å². The number of aryl methyl sites for hydroxylation is 1. The Kier molecular flexibility index (Phi) is 7.87. The topological polar surface area (TPSA) is 49.9 Å². The van der Waals surface area contributed by atoms with Crippen LogP contribution in [-0.4, -0.2) is 66.7 Å². The summed E-state index contributed by atoms with van der Waals surface area (Å²) in [6.07, 6.45) is -8.11. The van der Waals surface area contributed by atoms with Gasteiger partial charge in [-0.1, -0.05) is 18.2 Å². The highest BCUT2D eigenvalue weighted by Gasteiger charge is 2.46. The van der Waals surface area contributed by atoms with Gasteiger partial charge in [0, 0.05) is 38.5 Å². The smallest absolute Gasteiger partial charge is 0.370 e. The van der Waals surface area contributed by atoms with Gasteiger partial charge in [-0.25, -0.2) is 4.79 Å². The maximum absolute atomic E-state index is 13.9. The fraction of sp³-hybridized carbons (Fsp3) is 0.680. The van der Waals surface area contributed by atoms with Crippen LogP contribution in [-0.2, 0) is 22.1 Å². The first-order valence-corrected chi connectivity index (χ1v) is 12.3. The highest BCUT2D eigenvalue weighted by atomic mass is 19.4. The van der Waals surface area contributed by atoms with Gasteiger partial charge in [-0.05, 0) is 49.7 Å². The Morgan fingerprint density at radius 1 is 1.03 bits per heavy atom. The number of halogens is 6. The SMILES string of the molecule is O=C1CO[C@H]2CCN(C(=O)N3CCC(C(CCc4cccc(C(F)(F)F)c4)C(F)(F)F)CC3)C[C@H]2C1. The molecule has 3 aliphatic rings. The Morgan fingerprint density at radius 2 is 1.72 bits per heavy atom. The molecule has 2 amide bonds. The molecule has 0 spiro atoms. The average molecular weight is 521 g/mol. The van der Waals surface area contributed by atoms with Gasteiger partial charge in [0.15, 0.2) is 5.78 Å². The van der Waals surface area contributed by atoms with E-state index in [0.29, 0.717) is 25.9 Å². The summed E-state index contributed by atoms with van der Waals surface area (Å²) in [5, 5.41) is 0. The largest absolute Gasteiger partial charge is 0.416 e. The summed E-state index contributed by atoms with van der Waals surface area (Å²) in [5.41, 5.74) is -0.649. The standard InChI is InChI=1S/C25H30F6N2O3/c26-24(27,28)19-3-1-2-16(12-19)4-5-21(25(29,30)31)17-6-9-32(10-7-17)23(35)33-11-8-22-18(14-33)13-20(34)15-36-22/h1-3,12,17-18,21-22H,4-11,13-15H2/t18-,21?,22+/m1/s1. The van der Waals surface area contributed by atoms with Crippen molar-refractivity contribution >= 4 is 11.8 Å². The van der Waals surface area contributed by atoms with E-state index in [-0.39, 0.29) is 74.8 Å². The molecule has 3 saturated heterocycles. The van der Waals surface area contributed by atoms with Crippen molar-refractivity contribution < 1.29 is 40.7 Å². The first kappa shape index (κ1) is 26.8. The van der Waals surface area contributed by atoms with Crippen molar-refractivity contribution in [2.45, 2.75) is 57.0 Å². The van der Waals surface area contributed by atoms with E-state index in [1.54, 1.807) is 9.80 Å². The monoisotopic (exact) mass is 520 g/mol. The molecule has 0 bridgehead atoms. The number of likely N-dealkylation sites (tertiary alicyclic amines) is 2. The first-order chi connectivity index (χ1) is 16.9. The van der Waals surface area contributed by atoms with Gasteiger partial charge in [-0.3, -0.25) is 4.79 Å². The predicted molar refractivity (Wildman–Crippen MR) is 118 cm³/mol. The minimum atomic E-state index is -4.55. The van der Waals surface area contributed by atoms with Crippen LogP contribution < -0.4 is 0 Å². The number of rotatable bonds is 4. The van der Waals surface area contributed by atoms with Crippen LogP contribution in [0.2, 0.25) is 0 Å². The zero-order valence-corrected chi connectivity index (χ0v) is 19.8. The molecule has 3 fully saturated rings.